The molecule has 5 nitrogen and oxygen atoms in total. The second-order valence-corrected chi connectivity index (χ2v) is 5.95. The summed E-state index contributed by atoms with van der Waals surface area (Å²) in [5.41, 5.74) is 0.988. The standard InChI is InChI=1S/C14H26N4O/c1-11(2)7-15-8-13-10-19-14(16-13)18-6-5-17(4)9-12(18)3/h10-12,15H,5-9H2,1-4H3. The molecule has 0 aliphatic carbocycles. The van der Waals surface area contributed by atoms with Gasteiger partial charge in [-0.2, -0.15) is 4.98 Å². The van der Waals surface area contributed by atoms with Gasteiger partial charge in [0.2, 0.25) is 0 Å². The fourth-order valence-electron chi connectivity index (χ4n) is 2.42. The molecule has 0 saturated carbocycles. The molecular weight excluding hydrogens is 240 g/mol. The van der Waals surface area contributed by atoms with Crippen LogP contribution in [-0.4, -0.2) is 49.2 Å². The van der Waals surface area contributed by atoms with Gasteiger partial charge < -0.3 is 19.5 Å². The maximum Gasteiger partial charge on any atom is 0.297 e. The van der Waals surface area contributed by atoms with Crippen LogP contribution in [0.4, 0.5) is 6.01 Å². The van der Waals surface area contributed by atoms with E-state index < -0.39 is 0 Å². The van der Waals surface area contributed by atoms with Crippen molar-refractivity contribution in [3.63, 3.8) is 0 Å². The third-order valence-corrected chi connectivity index (χ3v) is 3.47. The molecule has 1 aliphatic rings. The Bertz CT molecular complexity index is 391. The van der Waals surface area contributed by atoms with E-state index in [2.05, 4.69) is 47.9 Å². The molecule has 1 saturated heterocycles. The first-order valence-corrected chi connectivity index (χ1v) is 7.16. The number of oxazole rings is 1. The van der Waals surface area contributed by atoms with Crippen LogP contribution in [0.25, 0.3) is 0 Å². The summed E-state index contributed by atoms with van der Waals surface area (Å²) in [4.78, 5) is 9.18. The Morgan fingerprint density at radius 1 is 1.47 bits per heavy atom. The van der Waals surface area contributed by atoms with Crippen molar-refractivity contribution in [2.24, 2.45) is 5.92 Å². The van der Waals surface area contributed by atoms with Crippen LogP contribution >= 0.6 is 0 Å². The summed E-state index contributed by atoms with van der Waals surface area (Å²) in [7, 11) is 2.16. The van der Waals surface area contributed by atoms with Crippen molar-refractivity contribution in [2.75, 3.05) is 38.1 Å². The molecule has 0 spiro atoms. The number of rotatable bonds is 5. The van der Waals surface area contributed by atoms with E-state index in [0.29, 0.717) is 12.0 Å². The highest BCUT2D eigenvalue weighted by molar-refractivity contribution is 5.30. The fraction of sp³-hybridized carbons (Fsp3) is 0.786. The van der Waals surface area contributed by atoms with Crippen molar-refractivity contribution in [1.82, 2.24) is 15.2 Å². The summed E-state index contributed by atoms with van der Waals surface area (Å²) in [6.07, 6.45) is 1.77. The van der Waals surface area contributed by atoms with Crippen LogP contribution in [0.15, 0.2) is 10.7 Å². The van der Waals surface area contributed by atoms with Gasteiger partial charge in [0, 0.05) is 32.2 Å². The van der Waals surface area contributed by atoms with Gasteiger partial charge in [-0.3, -0.25) is 0 Å². The predicted molar refractivity (Wildman–Crippen MR) is 77.4 cm³/mol. The molecule has 1 N–H and O–H groups in total. The first-order chi connectivity index (χ1) is 9.06. The molecule has 1 fully saturated rings. The van der Waals surface area contributed by atoms with Crippen LogP contribution in [0.1, 0.15) is 26.5 Å². The van der Waals surface area contributed by atoms with Gasteiger partial charge in [0.15, 0.2) is 0 Å². The lowest BCUT2D eigenvalue weighted by molar-refractivity contribution is 0.267. The van der Waals surface area contributed by atoms with Crippen molar-refractivity contribution in [2.45, 2.75) is 33.4 Å². The summed E-state index contributed by atoms with van der Waals surface area (Å²) < 4.78 is 5.62. The quantitative estimate of drug-likeness (QED) is 0.876. The number of likely N-dealkylation sites (N-methyl/N-ethyl adjacent to an activating group) is 1. The monoisotopic (exact) mass is 266 g/mol. The lowest BCUT2D eigenvalue weighted by atomic mass is 10.2. The SMILES string of the molecule is CC(C)CNCc1coc(N2CCN(C)CC2C)n1. The van der Waals surface area contributed by atoms with E-state index in [-0.39, 0.29) is 0 Å². The molecule has 1 unspecified atom stereocenters. The summed E-state index contributed by atoms with van der Waals surface area (Å²) in [5.74, 6) is 0.657. The first kappa shape index (κ1) is 14.3. The van der Waals surface area contributed by atoms with Crippen molar-refractivity contribution >= 4 is 6.01 Å². The van der Waals surface area contributed by atoms with Gasteiger partial charge in [-0.1, -0.05) is 13.8 Å². The summed E-state index contributed by atoms with van der Waals surface area (Å²) in [6, 6.07) is 1.22. The van der Waals surface area contributed by atoms with Crippen LogP contribution in [-0.2, 0) is 6.54 Å². The lowest BCUT2D eigenvalue weighted by Crippen LogP contribution is -2.50. The molecule has 2 heterocycles. The zero-order valence-electron chi connectivity index (χ0n) is 12.5. The molecule has 1 aromatic heterocycles. The Kier molecular flexibility index (Phi) is 4.82. The van der Waals surface area contributed by atoms with Crippen LogP contribution < -0.4 is 10.2 Å². The molecule has 1 atom stereocenters. The molecule has 1 aromatic rings. The average Bonchev–Trinajstić information content (AvgIpc) is 2.77. The highest BCUT2D eigenvalue weighted by atomic mass is 16.4. The Balaban J connectivity index is 1.89. The third-order valence-electron chi connectivity index (χ3n) is 3.47. The first-order valence-electron chi connectivity index (χ1n) is 7.16. The fourth-order valence-corrected chi connectivity index (χ4v) is 2.42. The highest BCUT2D eigenvalue weighted by Gasteiger charge is 2.24. The predicted octanol–water partition coefficient (Wildman–Crippen LogP) is 1.56. The molecule has 0 amide bonds. The second-order valence-electron chi connectivity index (χ2n) is 5.95. The van der Waals surface area contributed by atoms with E-state index in [1.165, 1.54) is 0 Å². The number of hydrogen-bond donors (Lipinski definition) is 1. The molecule has 1 aliphatic heterocycles. The minimum Gasteiger partial charge on any atom is -0.432 e. The number of anilines is 1. The summed E-state index contributed by atoms with van der Waals surface area (Å²) >= 11 is 0. The van der Waals surface area contributed by atoms with Crippen molar-refractivity contribution in [3.8, 4) is 0 Å². The maximum atomic E-state index is 5.62. The van der Waals surface area contributed by atoms with E-state index in [0.717, 1.165) is 44.4 Å². The third kappa shape index (κ3) is 3.94. The largest absolute Gasteiger partial charge is 0.432 e. The zero-order chi connectivity index (χ0) is 13.8. The molecule has 2 rings (SSSR count). The van der Waals surface area contributed by atoms with Crippen molar-refractivity contribution in [1.29, 1.82) is 0 Å². The molecule has 0 aromatic carbocycles. The van der Waals surface area contributed by atoms with E-state index in [4.69, 9.17) is 4.42 Å². The number of nitrogens with zero attached hydrogens (tertiary/aromatic N) is 3. The van der Waals surface area contributed by atoms with Crippen LogP contribution in [0, 0.1) is 5.92 Å². The van der Waals surface area contributed by atoms with Gasteiger partial charge >= 0.3 is 0 Å². The minimum atomic E-state index is 0.453. The number of aromatic nitrogens is 1. The highest BCUT2D eigenvalue weighted by Crippen LogP contribution is 2.19. The molecular formula is C14H26N4O. The Hall–Kier alpha value is -1.07. The van der Waals surface area contributed by atoms with Gasteiger partial charge in [0.05, 0.1) is 5.69 Å². The minimum absolute atomic E-state index is 0.453. The van der Waals surface area contributed by atoms with Gasteiger partial charge in [-0.15, -0.1) is 0 Å². The van der Waals surface area contributed by atoms with Crippen molar-refractivity contribution < 1.29 is 4.42 Å². The summed E-state index contributed by atoms with van der Waals surface area (Å²) in [6.45, 7) is 11.5. The van der Waals surface area contributed by atoms with E-state index in [1.807, 2.05) is 0 Å². The van der Waals surface area contributed by atoms with Crippen LogP contribution in [0.2, 0.25) is 0 Å². The molecule has 0 bridgehead atoms. The number of piperazine rings is 1. The smallest absolute Gasteiger partial charge is 0.297 e. The van der Waals surface area contributed by atoms with E-state index in [1.54, 1.807) is 6.26 Å². The van der Waals surface area contributed by atoms with E-state index >= 15 is 0 Å². The second kappa shape index (κ2) is 6.39. The molecule has 108 valence electrons. The lowest BCUT2D eigenvalue weighted by Gasteiger charge is -2.37. The summed E-state index contributed by atoms with van der Waals surface area (Å²) in [5, 5.41) is 3.39. The normalized spacial score (nSPS) is 21.3. The topological polar surface area (TPSA) is 44.5 Å². The Morgan fingerprint density at radius 3 is 2.95 bits per heavy atom. The number of hydrogen-bond acceptors (Lipinski definition) is 5. The van der Waals surface area contributed by atoms with Crippen molar-refractivity contribution in [3.05, 3.63) is 12.0 Å². The Labute approximate surface area is 116 Å². The van der Waals surface area contributed by atoms with Crippen LogP contribution in [0.5, 0.6) is 0 Å². The van der Waals surface area contributed by atoms with Gasteiger partial charge in [-0.05, 0) is 26.4 Å². The molecule has 0 radical (unpaired) electrons. The molecule has 19 heavy (non-hydrogen) atoms. The number of nitrogens with one attached hydrogen (secondary N) is 1. The van der Waals surface area contributed by atoms with E-state index in [9.17, 15) is 0 Å². The van der Waals surface area contributed by atoms with Crippen LogP contribution in [0.3, 0.4) is 0 Å². The molecule has 5 heteroatoms. The average molecular weight is 266 g/mol. The maximum absolute atomic E-state index is 5.62. The zero-order valence-corrected chi connectivity index (χ0v) is 12.5. The van der Waals surface area contributed by atoms with Gasteiger partial charge in [0.25, 0.3) is 6.01 Å². The van der Waals surface area contributed by atoms with Gasteiger partial charge in [-0.25, -0.2) is 0 Å². The Morgan fingerprint density at radius 2 is 2.26 bits per heavy atom. The van der Waals surface area contributed by atoms with Gasteiger partial charge in [0.1, 0.15) is 6.26 Å².